The molecule has 0 aliphatic heterocycles. The second-order valence-electron chi connectivity index (χ2n) is 9.34. The van der Waals surface area contributed by atoms with Crippen molar-refractivity contribution in [3.63, 3.8) is 0 Å². The third-order valence-electron chi connectivity index (χ3n) is 6.80. The summed E-state index contributed by atoms with van der Waals surface area (Å²) in [5, 5.41) is 20.7. The van der Waals surface area contributed by atoms with E-state index in [2.05, 4.69) is 25.7 Å². The third-order valence-corrected chi connectivity index (χ3v) is 7.35. The SMILES string of the molecule is CNc1ccc(OC)cc1.COc1ccc(N(Cc2nnc(Cl)c3cccc(F)c23)c2nnc(Cl)c3c(F)cccc23)cc1. The molecule has 4 aromatic carbocycles. The number of aromatic nitrogens is 4. The van der Waals surface area contributed by atoms with Crippen molar-refractivity contribution >= 4 is 61.9 Å². The number of anilines is 3. The van der Waals surface area contributed by atoms with Gasteiger partial charge in [-0.25, -0.2) is 8.78 Å². The number of benzene rings is 4. The molecule has 2 heterocycles. The molecule has 1 N–H and O–H groups in total. The summed E-state index contributed by atoms with van der Waals surface area (Å²) in [6, 6.07) is 24.0. The number of fused-ring (bicyclic) bond motifs is 2. The van der Waals surface area contributed by atoms with Crippen molar-refractivity contribution in [2.24, 2.45) is 0 Å². The van der Waals surface area contributed by atoms with Crippen molar-refractivity contribution in [1.82, 2.24) is 20.4 Å². The van der Waals surface area contributed by atoms with E-state index in [1.807, 2.05) is 31.3 Å². The summed E-state index contributed by atoms with van der Waals surface area (Å²) < 4.78 is 39.8. The number of hydrogen-bond acceptors (Lipinski definition) is 8. The highest BCUT2D eigenvalue weighted by molar-refractivity contribution is 6.35. The Bertz CT molecular complexity index is 1880. The van der Waals surface area contributed by atoms with E-state index in [1.54, 1.807) is 67.7 Å². The van der Waals surface area contributed by atoms with Gasteiger partial charge in [0, 0.05) is 34.6 Å². The van der Waals surface area contributed by atoms with Gasteiger partial charge in [0.25, 0.3) is 0 Å². The normalized spacial score (nSPS) is 10.7. The Kier molecular flexibility index (Phi) is 9.52. The van der Waals surface area contributed by atoms with Gasteiger partial charge in [-0.2, -0.15) is 5.10 Å². The number of ether oxygens (including phenoxy) is 2. The molecule has 0 bridgehead atoms. The second-order valence-corrected chi connectivity index (χ2v) is 10.1. The molecule has 44 heavy (non-hydrogen) atoms. The number of methoxy groups -OCH3 is 2. The Labute approximate surface area is 262 Å². The highest BCUT2D eigenvalue weighted by Gasteiger charge is 2.22. The summed E-state index contributed by atoms with van der Waals surface area (Å²) in [6.45, 7) is 0.0376. The van der Waals surface area contributed by atoms with Crippen LogP contribution in [0.1, 0.15) is 5.69 Å². The molecule has 0 amide bonds. The Morgan fingerprint density at radius 3 is 1.86 bits per heavy atom. The summed E-state index contributed by atoms with van der Waals surface area (Å²) in [4.78, 5) is 1.73. The van der Waals surface area contributed by atoms with Crippen molar-refractivity contribution in [2.45, 2.75) is 6.54 Å². The molecule has 8 nitrogen and oxygen atoms in total. The van der Waals surface area contributed by atoms with E-state index in [0.717, 1.165) is 11.4 Å². The maximum Gasteiger partial charge on any atom is 0.164 e. The Morgan fingerprint density at radius 2 is 1.25 bits per heavy atom. The molecule has 6 rings (SSSR count). The van der Waals surface area contributed by atoms with Crippen LogP contribution in [0.4, 0.5) is 26.0 Å². The minimum Gasteiger partial charge on any atom is -0.497 e. The van der Waals surface area contributed by atoms with Crippen LogP contribution in [0.5, 0.6) is 11.5 Å². The summed E-state index contributed by atoms with van der Waals surface area (Å²) in [5.74, 6) is 0.821. The molecule has 12 heteroatoms. The Balaban J connectivity index is 0.000000328. The molecule has 0 aliphatic rings. The largest absolute Gasteiger partial charge is 0.497 e. The predicted octanol–water partition coefficient (Wildman–Crippen LogP) is 8.24. The molecular weight excluding hydrogens is 609 g/mol. The van der Waals surface area contributed by atoms with E-state index in [9.17, 15) is 8.78 Å². The fourth-order valence-electron chi connectivity index (χ4n) is 4.58. The lowest BCUT2D eigenvalue weighted by molar-refractivity contribution is 0.414. The van der Waals surface area contributed by atoms with Gasteiger partial charge in [0.15, 0.2) is 16.1 Å². The fraction of sp³-hybridized carbons (Fsp3) is 0.125. The van der Waals surface area contributed by atoms with E-state index in [4.69, 9.17) is 32.7 Å². The molecule has 6 aromatic rings. The van der Waals surface area contributed by atoms with Gasteiger partial charge in [-0.05, 0) is 60.7 Å². The molecule has 224 valence electrons. The first-order valence-electron chi connectivity index (χ1n) is 13.3. The van der Waals surface area contributed by atoms with Crippen LogP contribution in [0.3, 0.4) is 0 Å². The molecule has 0 saturated carbocycles. The van der Waals surface area contributed by atoms with Gasteiger partial charge in [-0.15, -0.1) is 15.3 Å². The van der Waals surface area contributed by atoms with Crippen LogP contribution in [0.25, 0.3) is 21.5 Å². The van der Waals surface area contributed by atoms with Gasteiger partial charge < -0.3 is 19.7 Å². The van der Waals surface area contributed by atoms with Gasteiger partial charge in [0.1, 0.15) is 23.1 Å². The summed E-state index contributed by atoms with van der Waals surface area (Å²) >= 11 is 12.3. The summed E-state index contributed by atoms with van der Waals surface area (Å²) in [6.07, 6.45) is 0. The minimum absolute atomic E-state index is 0.0376. The lowest BCUT2D eigenvalue weighted by Gasteiger charge is -2.25. The van der Waals surface area contributed by atoms with Gasteiger partial charge in [-0.1, -0.05) is 47.5 Å². The van der Waals surface area contributed by atoms with Gasteiger partial charge in [-0.3, -0.25) is 0 Å². The molecule has 0 atom stereocenters. The molecule has 2 aromatic heterocycles. The maximum atomic E-state index is 14.9. The lowest BCUT2D eigenvalue weighted by Crippen LogP contribution is -2.20. The molecular formula is C32H26Cl2F2N6O2. The first kappa shape index (κ1) is 30.7. The van der Waals surface area contributed by atoms with Gasteiger partial charge in [0.2, 0.25) is 0 Å². The van der Waals surface area contributed by atoms with Crippen molar-refractivity contribution in [1.29, 1.82) is 0 Å². The zero-order valence-electron chi connectivity index (χ0n) is 23.9. The predicted molar refractivity (Wildman–Crippen MR) is 170 cm³/mol. The zero-order valence-corrected chi connectivity index (χ0v) is 25.4. The second kappa shape index (κ2) is 13.7. The fourth-order valence-corrected chi connectivity index (χ4v) is 5.01. The van der Waals surface area contributed by atoms with Crippen molar-refractivity contribution in [3.8, 4) is 11.5 Å². The number of rotatable bonds is 7. The quantitative estimate of drug-likeness (QED) is 0.188. The first-order valence-corrected chi connectivity index (χ1v) is 14.0. The highest BCUT2D eigenvalue weighted by atomic mass is 35.5. The highest BCUT2D eigenvalue weighted by Crippen LogP contribution is 2.36. The molecule has 0 unspecified atom stereocenters. The van der Waals surface area contributed by atoms with Crippen LogP contribution in [0.2, 0.25) is 10.3 Å². The first-order chi connectivity index (χ1) is 21.3. The van der Waals surface area contributed by atoms with Crippen molar-refractivity contribution in [2.75, 3.05) is 31.5 Å². The van der Waals surface area contributed by atoms with Crippen molar-refractivity contribution in [3.05, 3.63) is 113 Å². The van der Waals surface area contributed by atoms with Crippen LogP contribution >= 0.6 is 23.2 Å². The maximum absolute atomic E-state index is 14.9. The third kappa shape index (κ3) is 6.41. The van der Waals surface area contributed by atoms with E-state index in [0.29, 0.717) is 33.7 Å². The smallest absolute Gasteiger partial charge is 0.164 e. The number of nitrogens with one attached hydrogen (secondary N) is 1. The van der Waals surface area contributed by atoms with Crippen LogP contribution < -0.4 is 19.7 Å². The molecule has 0 saturated heterocycles. The van der Waals surface area contributed by atoms with Gasteiger partial charge >= 0.3 is 0 Å². The summed E-state index contributed by atoms with van der Waals surface area (Å²) in [5.41, 5.74) is 2.07. The Hall–Kier alpha value is -4.80. The number of nitrogens with zero attached hydrogens (tertiary/aromatic N) is 5. The lowest BCUT2D eigenvalue weighted by atomic mass is 10.1. The van der Waals surface area contributed by atoms with Crippen molar-refractivity contribution < 1.29 is 18.3 Å². The Morgan fingerprint density at radius 1 is 0.682 bits per heavy atom. The number of halogens is 4. The van der Waals surface area contributed by atoms with Crippen LogP contribution in [0.15, 0.2) is 84.9 Å². The average molecular weight is 636 g/mol. The van der Waals surface area contributed by atoms with E-state index >= 15 is 0 Å². The zero-order chi connectivity index (χ0) is 31.2. The molecule has 0 fully saturated rings. The average Bonchev–Trinajstić information content (AvgIpc) is 3.06. The molecule has 0 aliphatic carbocycles. The van der Waals surface area contributed by atoms with E-state index in [1.165, 1.54) is 12.1 Å². The minimum atomic E-state index is -0.531. The summed E-state index contributed by atoms with van der Waals surface area (Å²) in [7, 11) is 5.11. The monoisotopic (exact) mass is 634 g/mol. The molecule has 0 radical (unpaired) electrons. The number of hydrogen-bond donors (Lipinski definition) is 1. The van der Waals surface area contributed by atoms with Crippen LogP contribution in [-0.2, 0) is 6.54 Å². The topological polar surface area (TPSA) is 85.3 Å². The van der Waals surface area contributed by atoms with Crippen LogP contribution in [0, 0.1) is 11.6 Å². The van der Waals surface area contributed by atoms with E-state index in [-0.39, 0.29) is 27.6 Å². The molecule has 0 spiro atoms. The van der Waals surface area contributed by atoms with E-state index < -0.39 is 11.6 Å². The standard InChI is InChI=1S/C24H15Cl2F2N5O.C8H11NO/c1-34-14-10-8-13(9-11-14)33(24-16-5-3-7-18(28)21(16)23(26)31-32-24)12-19-20-15(22(25)30-29-19)4-2-6-17(20)27;1-9-7-3-5-8(10-2)6-4-7/h2-11H,12H2,1H3;3-6,9H,1-2H3. The van der Waals surface area contributed by atoms with Gasteiger partial charge in [0.05, 0.1) is 31.8 Å². The van der Waals surface area contributed by atoms with Crippen LogP contribution in [-0.4, -0.2) is 41.7 Å².